The number of hydrogen-bond acceptors (Lipinski definition) is 5. The molecule has 5 nitrogen and oxygen atoms in total. The van der Waals surface area contributed by atoms with Gasteiger partial charge in [0.15, 0.2) is 0 Å². The lowest BCUT2D eigenvalue weighted by Gasteiger charge is -2.20. The minimum atomic E-state index is -1.32. The van der Waals surface area contributed by atoms with Crippen molar-refractivity contribution in [1.29, 1.82) is 0 Å². The SMILES string of the molecule is CC(C)(NC(=O)c1csc(-c2ccsc2)n1)C(=O)O. The first kappa shape index (κ1) is 13.7. The van der Waals surface area contributed by atoms with E-state index in [2.05, 4.69) is 10.3 Å². The lowest BCUT2D eigenvalue weighted by Crippen LogP contribution is -2.49. The van der Waals surface area contributed by atoms with E-state index in [0.29, 0.717) is 0 Å². The number of rotatable bonds is 4. The molecule has 0 aliphatic heterocycles. The highest BCUT2D eigenvalue weighted by Crippen LogP contribution is 2.25. The third kappa shape index (κ3) is 2.99. The lowest BCUT2D eigenvalue weighted by molar-refractivity contribution is -0.143. The minimum absolute atomic E-state index is 0.237. The van der Waals surface area contributed by atoms with Crippen LogP contribution in [0, 0.1) is 0 Å². The first-order valence-corrected chi connectivity index (χ1v) is 7.26. The lowest BCUT2D eigenvalue weighted by atomic mass is 10.1. The average Bonchev–Trinajstić information content (AvgIpc) is 2.99. The smallest absolute Gasteiger partial charge is 0.328 e. The molecular weight excluding hydrogens is 284 g/mol. The van der Waals surface area contributed by atoms with Crippen molar-refractivity contribution in [3.8, 4) is 10.6 Å². The number of aromatic nitrogens is 1. The van der Waals surface area contributed by atoms with Gasteiger partial charge in [0.25, 0.3) is 5.91 Å². The number of carbonyl (C=O) groups excluding carboxylic acids is 1. The van der Waals surface area contributed by atoms with Crippen LogP contribution in [0.15, 0.2) is 22.2 Å². The van der Waals surface area contributed by atoms with Crippen molar-refractivity contribution in [1.82, 2.24) is 10.3 Å². The fourth-order valence-corrected chi connectivity index (χ4v) is 2.81. The summed E-state index contributed by atoms with van der Waals surface area (Å²) < 4.78 is 0. The minimum Gasteiger partial charge on any atom is -0.480 e. The van der Waals surface area contributed by atoms with Crippen LogP contribution in [0.4, 0.5) is 0 Å². The number of amides is 1. The van der Waals surface area contributed by atoms with Gasteiger partial charge in [-0.2, -0.15) is 11.3 Å². The molecule has 100 valence electrons. The predicted molar refractivity (Wildman–Crippen MR) is 74.6 cm³/mol. The maximum absolute atomic E-state index is 11.9. The van der Waals surface area contributed by atoms with Crippen LogP contribution in [0.5, 0.6) is 0 Å². The van der Waals surface area contributed by atoms with Crippen LogP contribution in [0.1, 0.15) is 24.3 Å². The number of nitrogens with zero attached hydrogens (tertiary/aromatic N) is 1. The van der Waals surface area contributed by atoms with E-state index in [1.165, 1.54) is 25.2 Å². The number of hydrogen-bond donors (Lipinski definition) is 2. The molecule has 7 heteroatoms. The summed E-state index contributed by atoms with van der Waals surface area (Å²) in [6.07, 6.45) is 0. The molecule has 0 fully saturated rings. The van der Waals surface area contributed by atoms with E-state index in [1.807, 2.05) is 16.8 Å². The summed E-state index contributed by atoms with van der Waals surface area (Å²) >= 11 is 2.91. The first-order chi connectivity index (χ1) is 8.90. The van der Waals surface area contributed by atoms with Crippen LogP contribution in [-0.4, -0.2) is 27.5 Å². The molecule has 0 aliphatic rings. The third-order valence-electron chi connectivity index (χ3n) is 2.47. The highest BCUT2D eigenvalue weighted by Gasteiger charge is 2.30. The van der Waals surface area contributed by atoms with Crippen molar-refractivity contribution >= 4 is 34.6 Å². The summed E-state index contributed by atoms with van der Waals surface area (Å²) in [5.41, 5.74) is -0.115. The van der Waals surface area contributed by atoms with E-state index in [4.69, 9.17) is 5.11 Å². The predicted octanol–water partition coefficient (Wildman–Crippen LogP) is 2.46. The Bertz CT molecular complexity index is 602. The number of thiophene rings is 1. The molecule has 2 aromatic rings. The van der Waals surface area contributed by atoms with E-state index in [0.717, 1.165) is 10.6 Å². The van der Waals surface area contributed by atoms with Crippen LogP contribution in [0.3, 0.4) is 0 Å². The Morgan fingerprint density at radius 2 is 2.11 bits per heavy atom. The molecule has 0 saturated carbocycles. The van der Waals surface area contributed by atoms with Crippen LogP contribution < -0.4 is 5.32 Å². The molecule has 0 aromatic carbocycles. The Balaban J connectivity index is 2.15. The molecule has 0 aliphatic carbocycles. The summed E-state index contributed by atoms with van der Waals surface area (Å²) in [6, 6.07) is 1.92. The summed E-state index contributed by atoms with van der Waals surface area (Å²) in [4.78, 5) is 27.1. The summed E-state index contributed by atoms with van der Waals surface area (Å²) in [5.74, 6) is -1.57. The van der Waals surface area contributed by atoms with Gasteiger partial charge in [-0.15, -0.1) is 11.3 Å². The van der Waals surface area contributed by atoms with E-state index in [9.17, 15) is 9.59 Å². The molecule has 0 saturated heterocycles. The topological polar surface area (TPSA) is 79.3 Å². The highest BCUT2D eigenvalue weighted by atomic mass is 32.1. The number of aliphatic carboxylic acids is 1. The molecule has 0 unspecified atom stereocenters. The van der Waals surface area contributed by atoms with Gasteiger partial charge in [-0.25, -0.2) is 9.78 Å². The normalized spacial score (nSPS) is 11.3. The second kappa shape index (κ2) is 5.10. The fourth-order valence-electron chi connectivity index (χ4n) is 1.30. The molecule has 2 N–H and O–H groups in total. The molecule has 0 atom stereocenters. The Labute approximate surface area is 117 Å². The highest BCUT2D eigenvalue weighted by molar-refractivity contribution is 7.14. The van der Waals surface area contributed by atoms with Crippen LogP contribution >= 0.6 is 22.7 Å². The number of carboxylic acid groups (broad SMARTS) is 1. The second-order valence-electron chi connectivity index (χ2n) is 4.43. The standard InChI is InChI=1S/C12H12N2O3S2/c1-12(2,11(16)17)14-9(15)8-6-19-10(13-8)7-3-4-18-5-7/h3-6H,1-2H3,(H,14,15)(H,16,17). The molecule has 19 heavy (non-hydrogen) atoms. The molecule has 2 rings (SSSR count). The molecule has 2 aromatic heterocycles. The Morgan fingerprint density at radius 3 is 2.68 bits per heavy atom. The molecule has 2 heterocycles. The first-order valence-electron chi connectivity index (χ1n) is 5.44. The van der Waals surface area contributed by atoms with Crippen LogP contribution in [0.25, 0.3) is 10.6 Å². The Kier molecular flexibility index (Phi) is 3.68. The number of thiazole rings is 1. The maximum atomic E-state index is 11.9. The zero-order valence-corrected chi connectivity index (χ0v) is 12.0. The molecule has 0 radical (unpaired) electrons. The maximum Gasteiger partial charge on any atom is 0.328 e. The van der Waals surface area contributed by atoms with Crippen molar-refractivity contribution in [2.24, 2.45) is 0 Å². The van der Waals surface area contributed by atoms with Gasteiger partial charge in [0.1, 0.15) is 16.2 Å². The number of carboxylic acids is 1. The van der Waals surface area contributed by atoms with Crippen LogP contribution in [0.2, 0.25) is 0 Å². The zero-order valence-electron chi connectivity index (χ0n) is 10.3. The molecule has 1 amide bonds. The van der Waals surface area contributed by atoms with Crippen molar-refractivity contribution < 1.29 is 14.7 Å². The van der Waals surface area contributed by atoms with E-state index in [-0.39, 0.29) is 5.69 Å². The summed E-state index contributed by atoms with van der Waals surface area (Å²) in [7, 11) is 0. The van der Waals surface area contributed by atoms with Gasteiger partial charge in [0.05, 0.1) is 0 Å². The van der Waals surface area contributed by atoms with Gasteiger partial charge in [0.2, 0.25) is 0 Å². The molecule has 0 spiro atoms. The fraction of sp³-hybridized carbons (Fsp3) is 0.250. The number of carbonyl (C=O) groups is 2. The van der Waals surface area contributed by atoms with Gasteiger partial charge < -0.3 is 10.4 Å². The van der Waals surface area contributed by atoms with E-state index in [1.54, 1.807) is 16.7 Å². The second-order valence-corrected chi connectivity index (χ2v) is 6.07. The van der Waals surface area contributed by atoms with Crippen molar-refractivity contribution in [3.05, 3.63) is 27.9 Å². The summed E-state index contributed by atoms with van der Waals surface area (Å²) in [6.45, 7) is 2.86. The van der Waals surface area contributed by atoms with E-state index < -0.39 is 17.4 Å². The van der Waals surface area contributed by atoms with Gasteiger partial charge in [-0.05, 0) is 25.3 Å². The quantitative estimate of drug-likeness (QED) is 0.908. The van der Waals surface area contributed by atoms with Crippen molar-refractivity contribution in [2.45, 2.75) is 19.4 Å². The van der Waals surface area contributed by atoms with Crippen LogP contribution in [-0.2, 0) is 4.79 Å². The van der Waals surface area contributed by atoms with Gasteiger partial charge in [-0.1, -0.05) is 0 Å². The third-order valence-corrected chi connectivity index (χ3v) is 4.04. The van der Waals surface area contributed by atoms with Crippen molar-refractivity contribution in [3.63, 3.8) is 0 Å². The average molecular weight is 296 g/mol. The number of nitrogens with one attached hydrogen (secondary N) is 1. The Morgan fingerprint density at radius 1 is 1.37 bits per heavy atom. The monoisotopic (exact) mass is 296 g/mol. The largest absolute Gasteiger partial charge is 0.480 e. The van der Waals surface area contributed by atoms with E-state index >= 15 is 0 Å². The van der Waals surface area contributed by atoms with Gasteiger partial charge >= 0.3 is 5.97 Å². The summed E-state index contributed by atoms with van der Waals surface area (Å²) in [5, 5.41) is 17.7. The molecule has 0 bridgehead atoms. The van der Waals surface area contributed by atoms with Gasteiger partial charge in [-0.3, -0.25) is 4.79 Å². The zero-order chi connectivity index (χ0) is 14.0. The van der Waals surface area contributed by atoms with Crippen molar-refractivity contribution in [2.75, 3.05) is 0 Å². The Hall–Kier alpha value is -1.73. The van der Waals surface area contributed by atoms with Gasteiger partial charge in [0, 0.05) is 16.3 Å². The molecular formula is C12H12N2O3S2.